The molecule has 0 saturated carbocycles. The second-order valence-electron chi connectivity index (χ2n) is 3.88. The van der Waals surface area contributed by atoms with Gasteiger partial charge in [0.2, 0.25) is 0 Å². The molecule has 1 amide bonds. The van der Waals surface area contributed by atoms with E-state index < -0.39 is 0 Å². The van der Waals surface area contributed by atoms with Crippen LogP contribution in [-0.4, -0.2) is 32.2 Å². The summed E-state index contributed by atoms with van der Waals surface area (Å²) < 4.78 is 5.21. The molecular weight excluding hydrogens is 216 g/mol. The standard InChI is InChI=1S/C13H20N2O2/c1-11-3-5-12(6-4-11)13(16)15-8-2-9-17-10-7-14/h3-6H,2,7-10,14H2,1H3,(H,15,16). The molecule has 0 aliphatic carbocycles. The van der Waals surface area contributed by atoms with Crippen LogP contribution >= 0.6 is 0 Å². The fourth-order valence-electron chi connectivity index (χ4n) is 1.37. The van der Waals surface area contributed by atoms with Crippen molar-refractivity contribution in [3.63, 3.8) is 0 Å². The largest absolute Gasteiger partial charge is 0.380 e. The third-order valence-electron chi connectivity index (χ3n) is 2.33. The molecule has 0 fully saturated rings. The van der Waals surface area contributed by atoms with E-state index in [0.29, 0.717) is 31.9 Å². The van der Waals surface area contributed by atoms with Crippen LogP contribution in [0.1, 0.15) is 22.3 Å². The van der Waals surface area contributed by atoms with Gasteiger partial charge in [-0.25, -0.2) is 0 Å². The quantitative estimate of drug-likeness (QED) is 0.697. The monoisotopic (exact) mass is 236 g/mol. The maximum absolute atomic E-state index is 11.7. The molecule has 0 atom stereocenters. The topological polar surface area (TPSA) is 64.3 Å². The van der Waals surface area contributed by atoms with Crippen LogP contribution in [0.2, 0.25) is 0 Å². The van der Waals surface area contributed by atoms with E-state index in [1.165, 1.54) is 0 Å². The lowest BCUT2D eigenvalue weighted by molar-refractivity contribution is 0.0943. The number of rotatable bonds is 7. The van der Waals surface area contributed by atoms with Crippen LogP contribution in [0.15, 0.2) is 24.3 Å². The van der Waals surface area contributed by atoms with Gasteiger partial charge in [-0.2, -0.15) is 0 Å². The van der Waals surface area contributed by atoms with Gasteiger partial charge in [0.05, 0.1) is 6.61 Å². The predicted molar refractivity (Wildman–Crippen MR) is 68.0 cm³/mol. The number of hydrogen-bond acceptors (Lipinski definition) is 3. The number of aryl methyl sites for hydroxylation is 1. The van der Waals surface area contributed by atoms with E-state index in [2.05, 4.69) is 5.32 Å². The van der Waals surface area contributed by atoms with E-state index in [1.807, 2.05) is 31.2 Å². The van der Waals surface area contributed by atoms with Crippen molar-refractivity contribution in [2.45, 2.75) is 13.3 Å². The van der Waals surface area contributed by atoms with Crippen molar-refractivity contribution in [2.75, 3.05) is 26.3 Å². The van der Waals surface area contributed by atoms with Crippen LogP contribution in [0, 0.1) is 6.92 Å². The zero-order valence-corrected chi connectivity index (χ0v) is 10.2. The Balaban J connectivity index is 2.19. The molecule has 0 radical (unpaired) electrons. The number of benzene rings is 1. The first-order chi connectivity index (χ1) is 8.24. The number of hydrogen-bond donors (Lipinski definition) is 2. The van der Waals surface area contributed by atoms with Gasteiger partial charge >= 0.3 is 0 Å². The average molecular weight is 236 g/mol. The summed E-state index contributed by atoms with van der Waals surface area (Å²) in [7, 11) is 0. The molecule has 0 spiro atoms. The minimum atomic E-state index is -0.0381. The SMILES string of the molecule is Cc1ccc(C(=O)NCCCOCCN)cc1. The molecule has 0 bridgehead atoms. The second kappa shape index (κ2) is 7.81. The summed E-state index contributed by atoms with van der Waals surface area (Å²) in [4.78, 5) is 11.7. The Morgan fingerprint density at radius 1 is 1.29 bits per heavy atom. The van der Waals surface area contributed by atoms with E-state index in [9.17, 15) is 4.79 Å². The maximum Gasteiger partial charge on any atom is 0.251 e. The second-order valence-corrected chi connectivity index (χ2v) is 3.88. The summed E-state index contributed by atoms with van der Waals surface area (Å²) in [6.07, 6.45) is 0.803. The molecule has 0 unspecified atom stereocenters. The summed E-state index contributed by atoms with van der Waals surface area (Å²) in [6.45, 7) is 4.36. The average Bonchev–Trinajstić information content (AvgIpc) is 2.34. The number of ether oxygens (including phenoxy) is 1. The lowest BCUT2D eigenvalue weighted by Gasteiger charge is -2.06. The summed E-state index contributed by atoms with van der Waals surface area (Å²) in [5, 5.41) is 2.85. The zero-order valence-electron chi connectivity index (χ0n) is 10.2. The third kappa shape index (κ3) is 5.47. The van der Waals surface area contributed by atoms with Crippen molar-refractivity contribution >= 4 is 5.91 Å². The molecule has 17 heavy (non-hydrogen) atoms. The molecule has 0 aliphatic rings. The Morgan fingerprint density at radius 2 is 2.00 bits per heavy atom. The van der Waals surface area contributed by atoms with Crippen LogP contribution < -0.4 is 11.1 Å². The lowest BCUT2D eigenvalue weighted by atomic mass is 10.1. The zero-order chi connectivity index (χ0) is 12.5. The van der Waals surface area contributed by atoms with Gasteiger partial charge in [0, 0.05) is 25.3 Å². The fraction of sp³-hybridized carbons (Fsp3) is 0.462. The molecule has 4 heteroatoms. The summed E-state index contributed by atoms with van der Waals surface area (Å²) in [5.74, 6) is -0.0381. The van der Waals surface area contributed by atoms with Gasteiger partial charge in [0.25, 0.3) is 5.91 Å². The van der Waals surface area contributed by atoms with Crippen LogP contribution in [0.4, 0.5) is 0 Å². The van der Waals surface area contributed by atoms with Gasteiger partial charge in [0.15, 0.2) is 0 Å². The Labute approximate surface area is 102 Å². The van der Waals surface area contributed by atoms with Crippen molar-refractivity contribution in [1.82, 2.24) is 5.32 Å². The molecule has 0 aliphatic heterocycles. The van der Waals surface area contributed by atoms with Crippen molar-refractivity contribution in [2.24, 2.45) is 5.73 Å². The molecule has 1 rings (SSSR count). The number of amides is 1. The van der Waals surface area contributed by atoms with Gasteiger partial charge in [-0.3, -0.25) is 4.79 Å². The van der Waals surface area contributed by atoms with Crippen molar-refractivity contribution in [3.8, 4) is 0 Å². The van der Waals surface area contributed by atoms with E-state index in [4.69, 9.17) is 10.5 Å². The van der Waals surface area contributed by atoms with Crippen LogP contribution in [0.5, 0.6) is 0 Å². The van der Waals surface area contributed by atoms with Gasteiger partial charge < -0.3 is 15.8 Å². The highest BCUT2D eigenvalue weighted by molar-refractivity contribution is 5.94. The van der Waals surface area contributed by atoms with E-state index >= 15 is 0 Å². The predicted octanol–water partition coefficient (Wildman–Crippen LogP) is 1.09. The minimum absolute atomic E-state index is 0.0381. The first-order valence-corrected chi connectivity index (χ1v) is 5.86. The molecule has 0 saturated heterocycles. The van der Waals surface area contributed by atoms with Crippen molar-refractivity contribution < 1.29 is 9.53 Å². The number of carbonyl (C=O) groups is 1. The number of nitrogens with two attached hydrogens (primary N) is 1. The molecule has 1 aromatic carbocycles. The van der Waals surface area contributed by atoms with E-state index in [0.717, 1.165) is 12.0 Å². The lowest BCUT2D eigenvalue weighted by Crippen LogP contribution is -2.25. The molecule has 0 aromatic heterocycles. The molecule has 4 nitrogen and oxygen atoms in total. The Kier molecular flexibility index (Phi) is 6.29. The summed E-state index contributed by atoms with van der Waals surface area (Å²) in [5.41, 5.74) is 7.13. The van der Waals surface area contributed by atoms with E-state index in [1.54, 1.807) is 0 Å². The summed E-state index contributed by atoms with van der Waals surface area (Å²) >= 11 is 0. The smallest absolute Gasteiger partial charge is 0.251 e. The normalized spacial score (nSPS) is 10.2. The fourth-order valence-corrected chi connectivity index (χ4v) is 1.37. The summed E-state index contributed by atoms with van der Waals surface area (Å²) in [6, 6.07) is 7.52. The highest BCUT2D eigenvalue weighted by Gasteiger charge is 2.03. The van der Waals surface area contributed by atoms with Crippen LogP contribution in [0.3, 0.4) is 0 Å². The van der Waals surface area contributed by atoms with Gasteiger partial charge in [-0.05, 0) is 25.5 Å². The molecule has 1 aromatic rings. The Hall–Kier alpha value is -1.39. The van der Waals surface area contributed by atoms with Crippen LogP contribution in [-0.2, 0) is 4.74 Å². The van der Waals surface area contributed by atoms with E-state index in [-0.39, 0.29) is 5.91 Å². The minimum Gasteiger partial charge on any atom is -0.380 e. The number of carbonyl (C=O) groups excluding carboxylic acids is 1. The highest BCUT2D eigenvalue weighted by atomic mass is 16.5. The third-order valence-corrected chi connectivity index (χ3v) is 2.33. The van der Waals surface area contributed by atoms with Crippen molar-refractivity contribution in [3.05, 3.63) is 35.4 Å². The van der Waals surface area contributed by atoms with Gasteiger partial charge in [-0.1, -0.05) is 17.7 Å². The Bertz CT molecular complexity index is 336. The molecule has 0 heterocycles. The molecular formula is C13H20N2O2. The van der Waals surface area contributed by atoms with Crippen molar-refractivity contribution in [1.29, 1.82) is 0 Å². The molecule has 3 N–H and O–H groups in total. The van der Waals surface area contributed by atoms with Gasteiger partial charge in [0.1, 0.15) is 0 Å². The number of nitrogens with one attached hydrogen (secondary N) is 1. The van der Waals surface area contributed by atoms with Gasteiger partial charge in [-0.15, -0.1) is 0 Å². The maximum atomic E-state index is 11.7. The first-order valence-electron chi connectivity index (χ1n) is 5.86. The van der Waals surface area contributed by atoms with Crippen LogP contribution in [0.25, 0.3) is 0 Å². The first kappa shape index (κ1) is 13.7. The highest BCUT2D eigenvalue weighted by Crippen LogP contribution is 2.02. The molecule has 94 valence electrons. The Morgan fingerprint density at radius 3 is 2.65 bits per heavy atom.